The van der Waals surface area contributed by atoms with Crippen LogP contribution < -0.4 is 14.8 Å². The second-order valence-corrected chi connectivity index (χ2v) is 7.52. The van der Waals surface area contributed by atoms with Gasteiger partial charge in [-0.3, -0.25) is 9.69 Å². The highest BCUT2D eigenvalue weighted by Gasteiger charge is 2.25. The lowest BCUT2D eigenvalue weighted by molar-refractivity contribution is -0.121. The Morgan fingerprint density at radius 2 is 1.79 bits per heavy atom. The van der Waals surface area contributed by atoms with Gasteiger partial charge in [-0.15, -0.1) is 0 Å². The molecule has 3 rings (SSSR count). The van der Waals surface area contributed by atoms with E-state index in [1.165, 1.54) is 0 Å². The fraction of sp³-hybridized carbons (Fsp3) is 0.381. The predicted molar refractivity (Wildman–Crippen MR) is 113 cm³/mol. The van der Waals surface area contributed by atoms with Crippen LogP contribution in [0.2, 0.25) is 10.0 Å². The summed E-state index contributed by atoms with van der Waals surface area (Å²) >= 11 is 12.2. The maximum Gasteiger partial charge on any atom is 0.227 e. The molecule has 0 spiro atoms. The standard InChI is InChI=1S/C21H24Cl2N2O3/c1-27-19-8-3-2-7-18(19)24-21(26)15-9-11-25(12-10-15)13-14-28-20-16(22)5-4-6-17(20)23/h2-8,15H,9-14H2,1H3,(H,24,26). The number of hydrogen-bond acceptors (Lipinski definition) is 4. The van der Waals surface area contributed by atoms with E-state index in [4.69, 9.17) is 32.7 Å². The van der Waals surface area contributed by atoms with Crippen LogP contribution >= 0.6 is 23.2 Å². The van der Waals surface area contributed by atoms with Gasteiger partial charge in [0.15, 0.2) is 5.75 Å². The number of carbonyl (C=O) groups excluding carboxylic acids is 1. The molecule has 0 saturated carbocycles. The summed E-state index contributed by atoms with van der Waals surface area (Å²) < 4.78 is 11.0. The number of ether oxygens (including phenoxy) is 2. The highest BCUT2D eigenvalue weighted by Crippen LogP contribution is 2.32. The van der Waals surface area contributed by atoms with Gasteiger partial charge >= 0.3 is 0 Å². The van der Waals surface area contributed by atoms with Crippen molar-refractivity contribution in [3.8, 4) is 11.5 Å². The average Bonchev–Trinajstić information content (AvgIpc) is 2.71. The second-order valence-electron chi connectivity index (χ2n) is 6.70. The van der Waals surface area contributed by atoms with Crippen molar-refractivity contribution >= 4 is 34.8 Å². The van der Waals surface area contributed by atoms with E-state index in [0.717, 1.165) is 32.5 Å². The summed E-state index contributed by atoms with van der Waals surface area (Å²) in [5, 5.41) is 4.01. The first kappa shape index (κ1) is 20.8. The molecular weight excluding hydrogens is 399 g/mol. The first-order valence-corrected chi connectivity index (χ1v) is 10.1. The number of rotatable bonds is 7. The van der Waals surface area contributed by atoms with E-state index in [1.807, 2.05) is 24.3 Å². The Kier molecular flexibility index (Phi) is 7.43. The van der Waals surface area contributed by atoms with Crippen LogP contribution in [0.15, 0.2) is 42.5 Å². The molecule has 1 fully saturated rings. The molecule has 0 aromatic heterocycles. The summed E-state index contributed by atoms with van der Waals surface area (Å²) in [5.41, 5.74) is 0.711. The molecule has 5 nitrogen and oxygen atoms in total. The number of anilines is 1. The van der Waals surface area contributed by atoms with E-state index in [9.17, 15) is 4.79 Å². The third-order valence-corrected chi connectivity index (χ3v) is 5.49. The van der Waals surface area contributed by atoms with Crippen molar-refractivity contribution in [1.82, 2.24) is 4.90 Å². The Labute approximate surface area is 175 Å². The minimum absolute atomic E-state index is 0.0000860. The summed E-state index contributed by atoms with van der Waals surface area (Å²) in [6, 6.07) is 12.8. The van der Waals surface area contributed by atoms with Gasteiger partial charge < -0.3 is 14.8 Å². The zero-order valence-corrected chi connectivity index (χ0v) is 17.3. The van der Waals surface area contributed by atoms with E-state index in [2.05, 4.69) is 10.2 Å². The number of likely N-dealkylation sites (tertiary alicyclic amines) is 1. The van der Waals surface area contributed by atoms with Crippen molar-refractivity contribution in [2.75, 3.05) is 38.7 Å². The van der Waals surface area contributed by atoms with Crippen LogP contribution in [0.1, 0.15) is 12.8 Å². The molecule has 0 aliphatic carbocycles. The Hall–Kier alpha value is -1.95. The number of carbonyl (C=O) groups is 1. The normalized spacial score (nSPS) is 15.2. The van der Waals surface area contributed by atoms with Gasteiger partial charge in [0.25, 0.3) is 0 Å². The van der Waals surface area contributed by atoms with E-state index in [0.29, 0.717) is 33.8 Å². The zero-order valence-electron chi connectivity index (χ0n) is 15.8. The largest absolute Gasteiger partial charge is 0.495 e. The van der Waals surface area contributed by atoms with Crippen molar-refractivity contribution in [1.29, 1.82) is 0 Å². The van der Waals surface area contributed by atoms with Crippen molar-refractivity contribution in [2.45, 2.75) is 12.8 Å². The van der Waals surface area contributed by atoms with E-state index < -0.39 is 0 Å². The Morgan fingerprint density at radius 3 is 2.46 bits per heavy atom. The molecule has 0 atom stereocenters. The average molecular weight is 423 g/mol. The van der Waals surface area contributed by atoms with Crippen molar-refractivity contribution in [3.05, 3.63) is 52.5 Å². The topological polar surface area (TPSA) is 50.8 Å². The van der Waals surface area contributed by atoms with E-state index in [-0.39, 0.29) is 11.8 Å². The number of benzene rings is 2. The van der Waals surface area contributed by atoms with E-state index in [1.54, 1.807) is 25.3 Å². The van der Waals surface area contributed by atoms with Crippen LogP contribution in [-0.4, -0.2) is 44.2 Å². The molecule has 0 radical (unpaired) electrons. The maximum atomic E-state index is 12.6. The van der Waals surface area contributed by atoms with Crippen LogP contribution in [0.25, 0.3) is 0 Å². The Morgan fingerprint density at radius 1 is 1.11 bits per heavy atom. The molecule has 2 aromatic carbocycles. The summed E-state index contributed by atoms with van der Waals surface area (Å²) in [6.07, 6.45) is 1.63. The van der Waals surface area contributed by atoms with Gasteiger partial charge in [0.2, 0.25) is 5.91 Å². The molecule has 7 heteroatoms. The van der Waals surface area contributed by atoms with Gasteiger partial charge in [-0.1, -0.05) is 41.4 Å². The van der Waals surface area contributed by atoms with Crippen LogP contribution in [-0.2, 0) is 4.79 Å². The predicted octanol–water partition coefficient (Wildman–Crippen LogP) is 4.73. The van der Waals surface area contributed by atoms with Crippen LogP contribution in [0.3, 0.4) is 0 Å². The minimum atomic E-state index is 0.0000860. The first-order chi connectivity index (χ1) is 13.6. The summed E-state index contributed by atoms with van der Waals surface area (Å²) in [7, 11) is 1.60. The molecule has 1 aliphatic rings. The summed E-state index contributed by atoms with van der Waals surface area (Å²) in [6.45, 7) is 2.97. The van der Waals surface area contributed by atoms with Crippen molar-refractivity contribution < 1.29 is 14.3 Å². The lowest BCUT2D eigenvalue weighted by Crippen LogP contribution is -2.40. The molecule has 1 aliphatic heterocycles. The number of para-hydroxylation sites is 3. The highest BCUT2D eigenvalue weighted by molar-refractivity contribution is 6.37. The number of amides is 1. The summed E-state index contributed by atoms with van der Waals surface area (Å²) in [5.74, 6) is 1.24. The molecule has 0 bridgehead atoms. The number of hydrogen-bond donors (Lipinski definition) is 1. The van der Waals surface area contributed by atoms with Gasteiger partial charge in [0.05, 0.1) is 22.8 Å². The fourth-order valence-corrected chi connectivity index (χ4v) is 3.81. The Balaban J connectivity index is 1.43. The van der Waals surface area contributed by atoms with Crippen molar-refractivity contribution in [2.24, 2.45) is 5.92 Å². The first-order valence-electron chi connectivity index (χ1n) is 9.31. The Bertz CT molecular complexity index is 788. The van der Waals surface area contributed by atoms with Crippen LogP contribution in [0.4, 0.5) is 5.69 Å². The van der Waals surface area contributed by atoms with Gasteiger partial charge in [0.1, 0.15) is 12.4 Å². The van der Waals surface area contributed by atoms with Gasteiger partial charge in [-0.2, -0.15) is 0 Å². The number of nitrogens with one attached hydrogen (secondary N) is 1. The van der Waals surface area contributed by atoms with E-state index >= 15 is 0 Å². The smallest absolute Gasteiger partial charge is 0.227 e. The quantitative estimate of drug-likeness (QED) is 0.700. The number of methoxy groups -OCH3 is 1. The lowest BCUT2D eigenvalue weighted by atomic mass is 9.96. The molecular formula is C21H24Cl2N2O3. The lowest BCUT2D eigenvalue weighted by Gasteiger charge is -2.31. The van der Waals surface area contributed by atoms with Gasteiger partial charge in [-0.25, -0.2) is 0 Å². The zero-order chi connectivity index (χ0) is 19.9. The highest BCUT2D eigenvalue weighted by atomic mass is 35.5. The fourth-order valence-electron chi connectivity index (χ4n) is 3.30. The number of halogens is 2. The van der Waals surface area contributed by atoms with Crippen LogP contribution in [0.5, 0.6) is 11.5 Å². The molecule has 1 saturated heterocycles. The minimum Gasteiger partial charge on any atom is -0.495 e. The molecule has 28 heavy (non-hydrogen) atoms. The monoisotopic (exact) mass is 422 g/mol. The molecule has 1 heterocycles. The van der Waals surface area contributed by atoms with Crippen LogP contribution in [0, 0.1) is 5.92 Å². The third-order valence-electron chi connectivity index (χ3n) is 4.90. The molecule has 2 aromatic rings. The number of piperidine rings is 1. The SMILES string of the molecule is COc1ccccc1NC(=O)C1CCN(CCOc2c(Cl)cccc2Cl)CC1. The number of nitrogens with zero attached hydrogens (tertiary/aromatic N) is 1. The maximum absolute atomic E-state index is 12.6. The summed E-state index contributed by atoms with van der Waals surface area (Å²) in [4.78, 5) is 14.9. The third kappa shape index (κ3) is 5.31. The molecule has 1 N–H and O–H groups in total. The second kappa shape index (κ2) is 10.0. The van der Waals surface area contributed by atoms with Gasteiger partial charge in [-0.05, 0) is 50.2 Å². The molecule has 0 unspecified atom stereocenters. The van der Waals surface area contributed by atoms with Crippen molar-refractivity contribution in [3.63, 3.8) is 0 Å². The molecule has 150 valence electrons. The molecule has 1 amide bonds. The van der Waals surface area contributed by atoms with Gasteiger partial charge in [0, 0.05) is 12.5 Å².